The van der Waals surface area contributed by atoms with Gasteiger partial charge < -0.3 is 10.1 Å². The molecule has 0 bridgehead atoms. The van der Waals surface area contributed by atoms with Crippen molar-refractivity contribution in [2.24, 2.45) is 0 Å². The molecular formula is C15H19N3O. The molecule has 0 spiro atoms. The second-order valence-electron chi connectivity index (χ2n) is 4.87. The smallest absolute Gasteiger partial charge is 0.122 e. The number of hydrogen-bond acceptors (Lipinski definition) is 3. The van der Waals surface area contributed by atoms with Gasteiger partial charge in [0.25, 0.3) is 0 Å². The van der Waals surface area contributed by atoms with Gasteiger partial charge in [-0.1, -0.05) is 12.1 Å². The topological polar surface area (TPSA) is 39.1 Å². The second-order valence-corrected chi connectivity index (χ2v) is 4.87. The minimum atomic E-state index is 0.824. The third kappa shape index (κ3) is 2.63. The summed E-state index contributed by atoms with van der Waals surface area (Å²) in [6.07, 6.45) is 3.91. The summed E-state index contributed by atoms with van der Waals surface area (Å²) in [7, 11) is 1.96. The molecule has 3 rings (SSSR count). The Hall–Kier alpha value is -1.81. The van der Waals surface area contributed by atoms with Crippen LogP contribution in [0.2, 0.25) is 0 Å². The van der Waals surface area contributed by atoms with Gasteiger partial charge in [-0.3, -0.25) is 4.68 Å². The van der Waals surface area contributed by atoms with Crippen molar-refractivity contribution in [3.63, 3.8) is 0 Å². The highest BCUT2D eigenvalue weighted by Crippen LogP contribution is 2.26. The van der Waals surface area contributed by atoms with Crippen molar-refractivity contribution in [1.82, 2.24) is 15.1 Å². The average molecular weight is 257 g/mol. The fraction of sp³-hybridized carbons (Fsp3) is 0.400. The zero-order valence-electron chi connectivity index (χ0n) is 11.2. The van der Waals surface area contributed by atoms with Crippen LogP contribution in [-0.4, -0.2) is 23.4 Å². The van der Waals surface area contributed by atoms with Crippen LogP contribution in [0.1, 0.15) is 16.8 Å². The van der Waals surface area contributed by atoms with E-state index in [0.717, 1.165) is 38.3 Å². The van der Waals surface area contributed by atoms with Crippen LogP contribution < -0.4 is 10.1 Å². The highest BCUT2D eigenvalue weighted by atomic mass is 16.5. The molecule has 4 nitrogen and oxygen atoms in total. The largest absolute Gasteiger partial charge is 0.493 e. The molecule has 0 aliphatic carbocycles. The van der Waals surface area contributed by atoms with Gasteiger partial charge in [0, 0.05) is 25.7 Å². The van der Waals surface area contributed by atoms with Crippen LogP contribution >= 0.6 is 0 Å². The molecule has 2 heterocycles. The fourth-order valence-electron chi connectivity index (χ4n) is 2.52. The van der Waals surface area contributed by atoms with Crippen molar-refractivity contribution in [1.29, 1.82) is 0 Å². The number of benzene rings is 1. The molecule has 0 amide bonds. The Morgan fingerprint density at radius 2 is 2.32 bits per heavy atom. The summed E-state index contributed by atoms with van der Waals surface area (Å²) in [4.78, 5) is 0. The van der Waals surface area contributed by atoms with Gasteiger partial charge in [0.15, 0.2) is 0 Å². The number of nitrogens with one attached hydrogen (secondary N) is 1. The van der Waals surface area contributed by atoms with Crippen LogP contribution in [0.15, 0.2) is 30.5 Å². The van der Waals surface area contributed by atoms with Crippen molar-refractivity contribution in [2.75, 3.05) is 13.7 Å². The molecule has 100 valence electrons. The minimum Gasteiger partial charge on any atom is -0.493 e. The molecule has 1 aliphatic rings. The number of fused-ring (bicyclic) bond motifs is 1. The highest BCUT2D eigenvalue weighted by molar-refractivity contribution is 5.39. The Morgan fingerprint density at radius 1 is 1.37 bits per heavy atom. The lowest BCUT2D eigenvalue weighted by molar-refractivity contribution is 0.357. The zero-order chi connectivity index (χ0) is 13.1. The van der Waals surface area contributed by atoms with E-state index in [-0.39, 0.29) is 0 Å². The van der Waals surface area contributed by atoms with E-state index in [9.17, 15) is 0 Å². The van der Waals surface area contributed by atoms with Crippen LogP contribution in [0.25, 0.3) is 0 Å². The molecule has 0 atom stereocenters. The third-order valence-corrected chi connectivity index (χ3v) is 3.53. The SMILES string of the molecule is CNCc1ccnn1CCc1ccc2c(c1)CCO2. The van der Waals surface area contributed by atoms with Crippen molar-refractivity contribution >= 4 is 0 Å². The Labute approximate surface area is 113 Å². The molecule has 0 fully saturated rings. The molecule has 0 radical (unpaired) electrons. The van der Waals surface area contributed by atoms with E-state index in [0.29, 0.717) is 0 Å². The van der Waals surface area contributed by atoms with Gasteiger partial charge in [-0.2, -0.15) is 5.10 Å². The van der Waals surface area contributed by atoms with Crippen LogP contribution in [-0.2, 0) is 25.9 Å². The molecule has 1 aromatic carbocycles. The van der Waals surface area contributed by atoms with Crippen LogP contribution in [0.5, 0.6) is 5.75 Å². The van der Waals surface area contributed by atoms with Gasteiger partial charge in [-0.25, -0.2) is 0 Å². The number of aromatic nitrogens is 2. The van der Waals surface area contributed by atoms with E-state index in [1.807, 2.05) is 13.2 Å². The predicted molar refractivity (Wildman–Crippen MR) is 74.3 cm³/mol. The van der Waals surface area contributed by atoms with E-state index in [1.54, 1.807) is 0 Å². The van der Waals surface area contributed by atoms with E-state index in [1.165, 1.54) is 16.8 Å². The summed E-state index contributed by atoms with van der Waals surface area (Å²) in [6.45, 7) is 2.60. The molecule has 0 unspecified atom stereocenters. The number of nitrogens with zero attached hydrogens (tertiary/aromatic N) is 2. The van der Waals surface area contributed by atoms with Crippen molar-refractivity contribution in [2.45, 2.75) is 25.9 Å². The van der Waals surface area contributed by atoms with Crippen molar-refractivity contribution in [3.05, 3.63) is 47.3 Å². The molecule has 1 N–H and O–H groups in total. The lowest BCUT2D eigenvalue weighted by Crippen LogP contribution is -2.13. The van der Waals surface area contributed by atoms with Crippen LogP contribution in [0.4, 0.5) is 0 Å². The Morgan fingerprint density at radius 3 is 3.21 bits per heavy atom. The summed E-state index contributed by atoms with van der Waals surface area (Å²) in [5, 5.41) is 7.54. The fourth-order valence-corrected chi connectivity index (χ4v) is 2.52. The highest BCUT2D eigenvalue weighted by Gasteiger charge is 2.12. The molecular weight excluding hydrogens is 238 g/mol. The molecule has 1 aliphatic heterocycles. The van der Waals surface area contributed by atoms with Crippen LogP contribution in [0, 0.1) is 0 Å². The van der Waals surface area contributed by atoms with Gasteiger partial charge in [0.2, 0.25) is 0 Å². The molecule has 1 aromatic heterocycles. The summed E-state index contributed by atoms with van der Waals surface area (Å²) >= 11 is 0. The maximum atomic E-state index is 5.53. The molecule has 4 heteroatoms. The number of aryl methyl sites for hydroxylation is 2. The maximum absolute atomic E-state index is 5.53. The molecule has 0 saturated carbocycles. The van der Waals surface area contributed by atoms with E-state index in [2.05, 4.69) is 39.4 Å². The summed E-state index contributed by atoms with van der Waals surface area (Å²) < 4.78 is 7.60. The first-order valence-corrected chi connectivity index (χ1v) is 6.77. The minimum absolute atomic E-state index is 0.824. The number of hydrogen-bond donors (Lipinski definition) is 1. The van der Waals surface area contributed by atoms with Gasteiger partial charge >= 0.3 is 0 Å². The number of rotatable bonds is 5. The van der Waals surface area contributed by atoms with Gasteiger partial charge in [-0.05, 0) is 36.7 Å². The average Bonchev–Trinajstić information content (AvgIpc) is 3.05. The van der Waals surface area contributed by atoms with E-state index >= 15 is 0 Å². The normalized spacial score (nSPS) is 13.3. The predicted octanol–water partition coefficient (Wildman–Crippen LogP) is 1.78. The first-order chi connectivity index (χ1) is 9.36. The summed E-state index contributed by atoms with van der Waals surface area (Å²) in [5.74, 6) is 1.05. The van der Waals surface area contributed by atoms with Crippen molar-refractivity contribution in [3.8, 4) is 5.75 Å². The van der Waals surface area contributed by atoms with Crippen LogP contribution in [0.3, 0.4) is 0 Å². The lowest BCUT2D eigenvalue weighted by Gasteiger charge is -2.08. The monoisotopic (exact) mass is 257 g/mol. The lowest BCUT2D eigenvalue weighted by atomic mass is 10.1. The Bertz CT molecular complexity index is 562. The van der Waals surface area contributed by atoms with E-state index < -0.39 is 0 Å². The third-order valence-electron chi connectivity index (χ3n) is 3.53. The quantitative estimate of drug-likeness (QED) is 0.887. The molecule has 0 saturated heterocycles. The van der Waals surface area contributed by atoms with Gasteiger partial charge in [0.1, 0.15) is 5.75 Å². The van der Waals surface area contributed by atoms with Crippen molar-refractivity contribution < 1.29 is 4.74 Å². The maximum Gasteiger partial charge on any atom is 0.122 e. The van der Waals surface area contributed by atoms with E-state index in [4.69, 9.17) is 4.74 Å². The number of ether oxygens (including phenoxy) is 1. The first-order valence-electron chi connectivity index (χ1n) is 6.77. The summed E-state index contributed by atoms with van der Waals surface area (Å²) in [5.41, 5.74) is 3.93. The second kappa shape index (κ2) is 5.45. The first kappa shape index (κ1) is 12.2. The standard InChI is InChI=1S/C15H19N3O/c1-16-11-14-4-7-17-18(14)8-5-12-2-3-15-13(10-12)6-9-19-15/h2-4,7,10,16H,5-6,8-9,11H2,1H3. The van der Waals surface area contributed by atoms with Gasteiger partial charge in [-0.15, -0.1) is 0 Å². The van der Waals surface area contributed by atoms with Gasteiger partial charge in [0.05, 0.1) is 12.3 Å². The zero-order valence-corrected chi connectivity index (χ0v) is 11.2. The molecule has 19 heavy (non-hydrogen) atoms. The Kier molecular flexibility index (Phi) is 3.51. The Balaban J connectivity index is 1.67. The molecule has 2 aromatic rings. The summed E-state index contributed by atoms with van der Waals surface area (Å²) in [6, 6.07) is 8.58.